The molecule has 0 saturated heterocycles. The summed E-state index contributed by atoms with van der Waals surface area (Å²) in [7, 11) is 0. The van der Waals surface area contributed by atoms with Gasteiger partial charge >= 0.3 is 0 Å². The van der Waals surface area contributed by atoms with E-state index < -0.39 is 10.8 Å². The summed E-state index contributed by atoms with van der Waals surface area (Å²) in [4.78, 5) is 2.36. The maximum Gasteiger partial charge on any atom is 0.136 e. The van der Waals surface area contributed by atoms with E-state index in [1.54, 1.807) is 0 Å². The third-order valence-electron chi connectivity index (χ3n) is 16.5. The van der Waals surface area contributed by atoms with Crippen LogP contribution >= 0.6 is 0 Å². The van der Waals surface area contributed by atoms with Gasteiger partial charge in [0.1, 0.15) is 11.2 Å². The molecule has 0 aliphatic heterocycles. The van der Waals surface area contributed by atoms with Gasteiger partial charge in [-0.05, 0) is 150 Å². The van der Waals surface area contributed by atoms with Crippen LogP contribution in [-0.2, 0) is 10.8 Å². The first kappa shape index (κ1) is 43.8. The molecule has 2 aliphatic carbocycles. The van der Waals surface area contributed by atoms with Gasteiger partial charge in [-0.25, -0.2) is 0 Å². The number of fused-ring (bicyclic) bond motifs is 12. The molecule has 15 rings (SSSR count). The van der Waals surface area contributed by atoms with Crippen molar-refractivity contribution in [1.29, 1.82) is 0 Å². The van der Waals surface area contributed by atoms with Crippen molar-refractivity contribution in [2.24, 2.45) is 0 Å². The topological polar surface area (TPSA) is 16.4 Å². The maximum absolute atomic E-state index is 6.29. The highest BCUT2D eigenvalue weighted by Crippen LogP contribution is 2.64. The maximum atomic E-state index is 6.29. The van der Waals surface area contributed by atoms with Crippen LogP contribution < -0.4 is 4.90 Å². The molecule has 1 aromatic heterocycles. The predicted molar refractivity (Wildman–Crippen MR) is 314 cm³/mol. The highest BCUT2D eigenvalue weighted by atomic mass is 16.3. The van der Waals surface area contributed by atoms with Crippen LogP contribution in [0.3, 0.4) is 0 Å². The van der Waals surface area contributed by atoms with E-state index in [9.17, 15) is 0 Å². The first-order valence-electron chi connectivity index (χ1n) is 26.3. The number of anilines is 3. The van der Waals surface area contributed by atoms with Gasteiger partial charge < -0.3 is 9.32 Å². The average Bonchev–Trinajstić information content (AvgIpc) is 4.11. The monoisotopic (exact) mass is 967 g/mol. The summed E-state index contributed by atoms with van der Waals surface area (Å²) in [6.07, 6.45) is 0. The van der Waals surface area contributed by atoms with Crippen molar-refractivity contribution in [3.8, 4) is 44.5 Å². The van der Waals surface area contributed by atoms with E-state index >= 15 is 0 Å². The van der Waals surface area contributed by atoms with Crippen molar-refractivity contribution in [3.63, 3.8) is 0 Å². The normalized spacial score (nSPS) is 13.5. The van der Waals surface area contributed by atoms with Crippen molar-refractivity contribution in [3.05, 3.63) is 342 Å². The third-order valence-corrected chi connectivity index (χ3v) is 16.5. The number of hydrogen-bond acceptors (Lipinski definition) is 2. The predicted octanol–water partition coefficient (Wildman–Crippen LogP) is 19.1. The molecule has 1 heterocycles. The molecule has 2 nitrogen and oxygen atoms in total. The molecule has 0 saturated carbocycles. The Labute approximate surface area is 443 Å². The van der Waals surface area contributed by atoms with E-state index in [1.807, 2.05) is 12.1 Å². The van der Waals surface area contributed by atoms with Crippen molar-refractivity contribution < 1.29 is 4.42 Å². The Bertz CT molecular complexity index is 4220. The zero-order valence-electron chi connectivity index (χ0n) is 41.6. The van der Waals surface area contributed by atoms with Crippen molar-refractivity contribution in [2.45, 2.75) is 10.8 Å². The quantitative estimate of drug-likeness (QED) is 0.151. The fourth-order valence-corrected chi connectivity index (χ4v) is 13.2. The summed E-state index contributed by atoms with van der Waals surface area (Å²) in [5, 5.41) is 2.27. The fourth-order valence-electron chi connectivity index (χ4n) is 13.2. The highest BCUT2D eigenvalue weighted by molar-refractivity contribution is 6.06. The van der Waals surface area contributed by atoms with Crippen LogP contribution in [0.2, 0.25) is 0 Å². The summed E-state index contributed by atoms with van der Waals surface area (Å²) in [5.41, 5.74) is 23.9. The Kier molecular flexibility index (Phi) is 10.0. The molecule has 76 heavy (non-hydrogen) atoms. The van der Waals surface area contributed by atoms with Gasteiger partial charge in [0, 0.05) is 27.8 Å². The SMILES string of the molecule is c1ccc(-c2ccc(N(c3ccc(-c4ccc5c(c4)-c4ccccc4C54c5ccccc5C(c5ccccc5)(c5ccccc5)c5ccccc54)cc3)c3ccc(-c4ccc5c(c4)oc4ccccc45)cc3)cc2)cc1. The molecular weight excluding hydrogens is 919 g/mol. The van der Waals surface area contributed by atoms with Crippen LogP contribution in [-0.4, -0.2) is 0 Å². The molecule has 0 amide bonds. The second-order valence-corrected chi connectivity index (χ2v) is 20.3. The molecule has 0 N–H and O–H groups in total. The van der Waals surface area contributed by atoms with Crippen molar-refractivity contribution in [2.75, 3.05) is 4.90 Å². The molecule has 0 atom stereocenters. The van der Waals surface area contributed by atoms with Gasteiger partial charge in [0.05, 0.1) is 10.8 Å². The van der Waals surface area contributed by atoms with Crippen molar-refractivity contribution >= 4 is 39.0 Å². The second-order valence-electron chi connectivity index (χ2n) is 20.3. The van der Waals surface area contributed by atoms with E-state index in [0.717, 1.165) is 55.7 Å². The van der Waals surface area contributed by atoms with Gasteiger partial charge in [-0.3, -0.25) is 0 Å². The van der Waals surface area contributed by atoms with Crippen molar-refractivity contribution in [1.82, 2.24) is 0 Å². The minimum Gasteiger partial charge on any atom is -0.456 e. The average molecular weight is 968 g/mol. The van der Waals surface area contributed by atoms with Crippen LogP contribution in [0.5, 0.6) is 0 Å². The van der Waals surface area contributed by atoms with Crippen LogP contribution in [0.15, 0.2) is 302 Å². The molecule has 13 aromatic rings. The van der Waals surface area contributed by atoms with Crippen LogP contribution in [0, 0.1) is 0 Å². The summed E-state index contributed by atoms with van der Waals surface area (Å²) in [5.74, 6) is 0. The van der Waals surface area contributed by atoms with Gasteiger partial charge in [-0.1, -0.05) is 237 Å². The first-order valence-corrected chi connectivity index (χ1v) is 26.3. The van der Waals surface area contributed by atoms with Gasteiger partial charge in [0.15, 0.2) is 0 Å². The van der Waals surface area contributed by atoms with E-state index in [4.69, 9.17) is 4.42 Å². The largest absolute Gasteiger partial charge is 0.456 e. The lowest BCUT2D eigenvalue weighted by atomic mass is 9.51. The zero-order valence-corrected chi connectivity index (χ0v) is 41.6. The lowest BCUT2D eigenvalue weighted by Gasteiger charge is -2.50. The van der Waals surface area contributed by atoms with E-state index in [-0.39, 0.29) is 0 Å². The van der Waals surface area contributed by atoms with E-state index in [2.05, 4.69) is 290 Å². The molecule has 0 unspecified atom stereocenters. The van der Waals surface area contributed by atoms with Gasteiger partial charge in [0.2, 0.25) is 0 Å². The summed E-state index contributed by atoms with van der Waals surface area (Å²) < 4.78 is 6.29. The zero-order chi connectivity index (χ0) is 50.2. The fraction of sp³-hybridized carbons (Fsp3) is 0.0270. The highest BCUT2D eigenvalue weighted by Gasteiger charge is 2.56. The molecule has 2 heteroatoms. The van der Waals surface area contributed by atoms with E-state index in [1.165, 1.54) is 72.3 Å². The Hall–Kier alpha value is -9.76. The Morgan fingerprint density at radius 2 is 0.618 bits per heavy atom. The number of furan rings is 1. The second kappa shape index (κ2) is 17.4. The number of para-hydroxylation sites is 1. The van der Waals surface area contributed by atoms with Crippen LogP contribution in [0.1, 0.15) is 44.5 Å². The minimum atomic E-state index is -0.541. The number of hydrogen-bond donors (Lipinski definition) is 0. The number of rotatable bonds is 8. The number of nitrogens with zero attached hydrogens (tertiary/aromatic N) is 1. The minimum absolute atomic E-state index is 0.536. The molecule has 0 bridgehead atoms. The Morgan fingerprint density at radius 3 is 1.18 bits per heavy atom. The van der Waals surface area contributed by atoms with E-state index in [0.29, 0.717) is 0 Å². The smallest absolute Gasteiger partial charge is 0.136 e. The Balaban J connectivity index is 0.836. The molecule has 12 aromatic carbocycles. The number of benzene rings is 12. The standard InChI is InChI=1S/C74H49NO/c1-4-18-50(19-5-1)51-32-40-58(41-33-51)75(60-44-36-53(37-45-60)55-38-46-63-62-25-11-17-31-71(62)76-72(63)49-55)59-42-34-52(35-43-59)54-39-47-66-64(48-54)61-24-10-12-26-65(61)74(66)69-29-15-13-27-67(69)73(56-20-6-2-7-21-56,57-22-8-3-9-23-57)68-28-14-16-30-70(68)74/h1-49H. The Morgan fingerprint density at radius 1 is 0.237 bits per heavy atom. The van der Waals surface area contributed by atoms with Crippen LogP contribution in [0.4, 0.5) is 17.1 Å². The summed E-state index contributed by atoms with van der Waals surface area (Å²) in [6, 6.07) is 109. The third kappa shape index (κ3) is 6.54. The molecule has 0 radical (unpaired) electrons. The summed E-state index contributed by atoms with van der Waals surface area (Å²) >= 11 is 0. The van der Waals surface area contributed by atoms with Gasteiger partial charge in [-0.15, -0.1) is 0 Å². The molecule has 2 aliphatic rings. The molecular formula is C74H49NO. The first-order chi connectivity index (χ1) is 37.7. The molecule has 1 spiro atoms. The van der Waals surface area contributed by atoms with Gasteiger partial charge in [-0.2, -0.15) is 0 Å². The summed E-state index contributed by atoms with van der Waals surface area (Å²) in [6.45, 7) is 0. The van der Waals surface area contributed by atoms with Gasteiger partial charge in [0.25, 0.3) is 0 Å². The molecule has 356 valence electrons. The molecule has 0 fully saturated rings. The lowest BCUT2D eigenvalue weighted by molar-refractivity contribution is 0.623. The van der Waals surface area contributed by atoms with Crippen LogP contribution in [0.25, 0.3) is 66.4 Å². The lowest BCUT2D eigenvalue weighted by Crippen LogP contribution is -2.44.